The highest BCUT2D eigenvalue weighted by Crippen LogP contribution is 1.95. The van der Waals surface area contributed by atoms with Gasteiger partial charge >= 0.3 is 0 Å². The number of nitrogens with zero attached hydrogens (tertiary/aromatic N) is 4. The average molecular weight is 194 g/mol. The number of rotatable bonds is 3. The van der Waals surface area contributed by atoms with Crippen LogP contribution >= 0.6 is 0 Å². The first kappa shape index (κ1) is 8.35. The minimum absolute atomic E-state index is 0.147. The number of amides is 1. The number of tetrazole rings is 1. The molecule has 2 heterocycles. The highest BCUT2D eigenvalue weighted by molar-refractivity contribution is 5.91. The zero-order valence-electron chi connectivity index (χ0n) is 6.97. The van der Waals surface area contributed by atoms with Crippen molar-refractivity contribution in [3.63, 3.8) is 0 Å². The lowest BCUT2D eigenvalue weighted by atomic mass is 10.4. The fraction of sp³-hybridized carbons (Fsp3) is 0.167. The summed E-state index contributed by atoms with van der Waals surface area (Å²) in [6, 6.07) is 1.46. The summed E-state index contributed by atoms with van der Waals surface area (Å²) in [6.07, 6.45) is 1.39. The van der Waals surface area contributed by atoms with Crippen LogP contribution in [-0.2, 0) is 6.54 Å². The van der Waals surface area contributed by atoms with E-state index in [2.05, 4.69) is 35.6 Å². The van der Waals surface area contributed by atoms with Gasteiger partial charge in [0, 0.05) is 6.07 Å². The Kier molecular flexibility index (Phi) is 2.17. The molecule has 14 heavy (non-hydrogen) atoms. The lowest BCUT2D eigenvalue weighted by molar-refractivity contribution is 0.0913. The Morgan fingerprint density at radius 3 is 3.21 bits per heavy atom. The molecule has 1 amide bonds. The third kappa shape index (κ3) is 1.73. The van der Waals surface area contributed by atoms with Crippen molar-refractivity contribution in [2.45, 2.75) is 6.54 Å². The summed E-state index contributed by atoms with van der Waals surface area (Å²) in [7, 11) is 0. The third-order valence-corrected chi connectivity index (χ3v) is 1.46. The van der Waals surface area contributed by atoms with E-state index >= 15 is 0 Å². The second kappa shape index (κ2) is 3.64. The van der Waals surface area contributed by atoms with Crippen molar-refractivity contribution in [1.29, 1.82) is 0 Å². The van der Waals surface area contributed by atoms with Gasteiger partial charge in [-0.3, -0.25) is 4.79 Å². The van der Waals surface area contributed by atoms with Gasteiger partial charge in [0.1, 0.15) is 0 Å². The Balaban J connectivity index is 1.90. The number of nitrogens with one attached hydrogen (secondary N) is 2. The highest BCUT2D eigenvalue weighted by Gasteiger charge is 2.09. The van der Waals surface area contributed by atoms with Crippen molar-refractivity contribution in [2.75, 3.05) is 0 Å². The molecule has 0 aliphatic carbocycles. The van der Waals surface area contributed by atoms with Gasteiger partial charge in [-0.05, 0) is 0 Å². The van der Waals surface area contributed by atoms with Gasteiger partial charge in [0.15, 0.2) is 5.82 Å². The maximum atomic E-state index is 11.3. The lowest BCUT2D eigenvalue weighted by Crippen LogP contribution is -2.22. The van der Waals surface area contributed by atoms with Crippen LogP contribution in [0.15, 0.2) is 16.8 Å². The standard InChI is InChI=1S/C6H6N6O2/c13-6(4-1-2-8-14-4)7-3-5-9-11-12-10-5/h1-2H,3H2,(H,7,13)(H,9,10,11,12). The maximum absolute atomic E-state index is 11.3. The summed E-state index contributed by atoms with van der Waals surface area (Å²) in [6.45, 7) is 0.191. The molecule has 0 aliphatic rings. The van der Waals surface area contributed by atoms with E-state index in [-0.39, 0.29) is 18.2 Å². The van der Waals surface area contributed by atoms with Gasteiger partial charge in [-0.15, -0.1) is 10.2 Å². The predicted octanol–water partition coefficient (Wildman–Crippen LogP) is -0.882. The molecule has 2 N–H and O–H groups in total. The smallest absolute Gasteiger partial charge is 0.290 e. The quantitative estimate of drug-likeness (QED) is 0.656. The molecule has 0 radical (unpaired) electrons. The van der Waals surface area contributed by atoms with Crippen LogP contribution in [0.3, 0.4) is 0 Å². The largest absolute Gasteiger partial charge is 0.351 e. The Morgan fingerprint density at radius 2 is 2.57 bits per heavy atom. The van der Waals surface area contributed by atoms with Gasteiger partial charge in [0.25, 0.3) is 5.91 Å². The van der Waals surface area contributed by atoms with Crippen LogP contribution in [0.25, 0.3) is 0 Å². The molecule has 2 aromatic heterocycles. The molecule has 2 aromatic rings. The van der Waals surface area contributed by atoms with E-state index in [1.54, 1.807) is 0 Å². The molecule has 0 atom stereocenters. The molecular formula is C6H6N6O2. The van der Waals surface area contributed by atoms with Gasteiger partial charge in [0.2, 0.25) is 5.76 Å². The summed E-state index contributed by atoms with van der Waals surface area (Å²) in [5, 5.41) is 18.9. The van der Waals surface area contributed by atoms with Crippen molar-refractivity contribution >= 4 is 5.91 Å². The number of carbonyl (C=O) groups excluding carboxylic acids is 1. The van der Waals surface area contributed by atoms with Gasteiger partial charge in [-0.25, -0.2) is 0 Å². The minimum atomic E-state index is -0.368. The molecule has 8 heteroatoms. The number of H-pyrrole nitrogens is 1. The Bertz CT molecular complexity index is 394. The molecule has 0 fully saturated rings. The van der Waals surface area contributed by atoms with Crippen LogP contribution in [-0.4, -0.2) is 31.7 Å². The van der Waals surface area contributed by atoms with Crippen molar-refractivity contribution in [3.05, 3.63) is 23.8 Å². The first-order valence-electron chi connectivity index (χ1n) is 3.77. The molecular weight excluding hydrogens is 188 g/mol. The number of aromatic nitrogens is 5. The summed E-state index contributed by atoms with van der Waals surface area (Å²) in [5.41, 5.74) is 0. The Hall–Kier alpha value is -2.25. The second-order valence-corrected chi connectivity index (χ2v) is 2.39. The molecule has 0 saturated carbocycles. The zero-order chi connectivity index (χ0) is 9.80. The van der Waals surface area contributed by atoms with Crippen molar-refractivity contribution in [2.24, 2.45) is 0 Å². The fourth-order valence-corrected chi connectivity index (χ4v) is 0.837. The van der Waals surface area contributed by atoms with E-state index < -0.39 is 0 Å². The average Bonchev–Trinajstić information content (AvgIpc) is 2.87. The molecule has 0 aliphatic heterocycles. The summed E-state index contributed by atoms with van der Waals surface area (Å²) in [5.74, 6) is 0.179. The van der Waals surface area contributed by atoms with E-state index in [0.717, 1.165) is 0 Å². The fourth-order valence-electron chi connectivity index (χ4n) is 0.837. The topological polar surface area (TPSA) is 110 Å². The van der Waals surface area contributed by atoms with Crippen molar-refractivity contribution in [3.8, 4) is 0 Å². The molecule has 0 spiro atoms. The van der Waals surface area contributed by atoms with E-state index in [1.807, 2.05) is 0 Å². The summed E-state index contributed by atoms with van der Waals surface area (Å²) < 4.78 is 4.64. The van der Waals surface area contributed by atoms with Crippen LogP contribution in [0.4, 0.5) is 0 Å². The van der Waals surface area contributed by atoms with Crippen molar-refractivity contribution in [1.82, 2.24) is 31.1 Å². The van der Waals surface area contributed by atoms with Crippen LogP contribution in [0, 0.1) is 0 Å². The van der Waals surface area contributed by atoms with E-state index in [0.29, 0.717) is 5.82 Å². The van der Waals surface area contributed by atoms with Crippen LogP contribution in [0.2, 0.25) is 0 Å². The second-order valence-electron chi connectivity index (χ2n) is 2.39. The van der Waals surface area contributed by atoms with Crippen LogP contribution < -0.4 is 5.32 Å². The maximum Gasteiger partial charge on any atom is 0.290 e. The number of hydrogen-bond donors (Lipinski definition) is 2. The first-order valence-corrected chi connectivity index (χ1v) is 3.77. The van der Waals surface area contributed by atoms with Crippen LogP contribution in [0.1, 0.15) is 16.4 Å². The Labute approximate surface area is 77.7 Å². The van der Waals surface area contributed by atoms with E-state index in [1.165, 1.54) is 12.3 Å². The molecule has 0 bridgehead atoms. The summed E-state index contributed by atoms with van der Waals surface area (Å²) >= 11 is 0. The normalized spacial score (nSPS) is 10.0. The molecule has 72 valence electrons. The number of aromatic amines is 1. The lowest BCUT2D eigenvalue weighted by Gasteiger charge is -1.96. The van der Waals surface area contributed by atoms with Crippen LogP contribution in [0.5, 0.6) is 0 Å². The highest BCUT2D eigenvalue weighted by atomic mass is 16.5. The van der Waals surface area contributed by atoms with Gasteiger partial charge in [0.05, 0.1) is 12.7 Å². The monoisotopic (exact) mass is 194 g/mol. The van der Waals surface area contributed by atoms with E-state index in [9.17, 15) is 4.79 Å². The molecule has 0 unspecified atom stereocenters. The predicted molar refractivity (Wildman–Crippen MR) is 41.9 cm³/mol. The Morgan fingerprint density at radius 1 is 1.64 bits per heavy atom. The molecule has 8 nitrogen and oxygen atoms in total. The van der Waals surface area contributed by atoms with Gasteiger partial charge < -0.3 is 9.84 Å². The minimum Gasteiger partial charge on any atom is -0.351 e. The summed E-state index contributed by atoms with van der Waals surface area (Å²) in [4.78, 5) is 11.3. The van der Waals surface area contributed by atoms with Crippen molar-refractivity contribution < 1.29 is 9.32 Å². The molecule has 0 saturated heterocycles. The van der Waals surface area contributed by atoms with Gasteiger partial charge in [-0.1, -0.05) is 10.4 Å². The molecule has 0 aromatic carbocycles. The van der Waals surface area contributed by atoms with E-state index in [4.69, 9.17) is 0 Å². The SMILES string of the molecule is O=C(NCc1nn[nH]n1)c1ccno1. The third-order valence-electron chi connectivity index (χ3n) is 1.46. The van der Waals surface area contributed by atoms with Gasteiger partial charge in [-0.2, -0.15) is 5.21 Å². The first-order chi connectivity index (χ1) is 6.86. The number of hydrogen-bond acceptors (Lipinski definition) is 6. The number of carbonyl (C=O) groups is 1. The zero-order valence-corrected chi connectivity index (χ0v) is 6.97. The molecule has 2 rings (SSSR count).